The van der Waals surface area contributed by atoms with Crippen molar-refractivity contribution in [3.63, 3.8) is 0 Å². The predicted octanol–water partition coefficient (Wildman–Crippen LogP) is 0.733. The molecule has 0 spiro atoms. The van der Waals surface area contributed by atoms with Crippen molar-refractivity contribution in [3.05, 3.63) is 0 Å². The monoisotopic (exact) mass is 240 g/mol. The van der Waals surface area contributed by atoms with Gasteiger partial charge in [0.25, 0.3) is 0 Å². The highest BCUT2D eigenvalue weighted by Gasteiger charge is 2.33. The fourth-order valence-corrected chi connectivity index (χ4v) is 2.99. The standard InChI is InChI=1S/C13H24N2O2/c1-9-4-5-10(7-12(9)14)13(17)15-6-2-3-11(16)8-15/h9-12,16H,2-8,14H2,1H3. The average Bonchev–Trinajstić information content (AvgIpc) is 2.32. The van der Waals surface area contributed by atoms with E-state index in [1.807, 2.05) is 4.90 Å². The van der Waals surface area contributed by atoms with Crippen LogP contribution in [0.5, 0.6) is 0 Å². The molecule has 4 nitrogen and oxygen atoms in total. The number of likely N-dealkylation sites (tertiary alicyclic amines) is 1. The summed E-state index contributed by atoms with van der Waals surface area (Å²) in [6.45, 7) is 3.48. The number of nitrogens with two attached hydrogens (primary N) is 1. The average molecular weight is 240 g/mol. The van der Waals surface area contributed by atoms with Crippen LogP contribution < -0.4 is 5.73 Å². The number of hydrogen-bond donors (Lipinski definition) is 2. The molecule has 0 aromatic heterocycles. The van der Waals surface area contributed by atoms with Gasteiger partial charge in [0.15, 0.2) is 0 Å². The second-order valence-electron chi connectivity index (χ2n) is 5.73. The Hall–Kier alpha value is -0.610. The second kappa shape index (κ2) is 5.36. The summed E-state index contributed by atoms with van der Waals surface area (Å²) in [7, 11) is 0. The maximum atomic E-state index is 12.3. The summed E-state index contributed by atoms with van der Waals surface area (Å²) in [5, 5.41) is 9.60. The van der Waals surface area contributed by atoms with Crippen molar-refractivity contribution in [1.82, 2.24) is 4.90 Å². The van der Waals surface area contributed by atoms with Crippen LogP contribution >= 0.6 is 0 Å². The molecule has 0 aromatic rings. The first-order valence-corrected chi connectivity index (χ1v) is 6.80. The number of aliphatic hydroxyl groups is 1. The van der Waals surface area contributed by atoms with Gasteiger partial charge in [0.1, 0.15) is 0 Å². The van der Waals surface area contributed by atoms with Gasteiger partial charge < -0.3 is 15.7 Å². The van der Waals surface area contributed by atoms with Crippen LogP contribution in [0.4, 0.5) is 0 Å². The first kappa shape index (κ1) is 12.8. The first-order chi connectivity index (χ1) is 8.08. The molecule has 0 aromatic carbocycles. The minimum Gasteiger partial charge on any atom is -0.391 e. The summed E-state index contributed by atoms with van der Waals surface area (Å²) in [6.07, 6.45) is 4.23. The van der Waals surface area contributed by atoms with Crippen LogP contribution in [0.2, 0.25) is 0 Å². The zero-order chi connectivity index (χ0) is 12.4. The Kier molecular flexibility index (Phi) is 4.05. The van der Waals surface area contributed by atoms with Gasteiger partial charge in [-0.05, 0) is 38.0 Å². The fourth-order valence-electron chi connectivity index (χ4n) is 2.99. The lowest BCUT2D eigenvalue weighted by Gasteiger charge is -2.37. The molecule has 1 heterocycles. The smallest absolute Gasteiger partial charge is 0.225 e. The van der Waals surface area contributed by atoms with Crippen molar-refractivity contribution in [3.8, 4) is 0 Å². The molecule has 0 radical (unpaired) electrons. The third kappa shape index (κ3) is 2.99. The molecule has 1 aliphatic heterocycles. The van der Waals surface area contributed by atoms with Crippen LogP contribution in [0.3, 0.4) is 0 Å². The van der Waals surface area contributed by atoms with Crippen LogP contribution in [-0.2, 0) is 4.79 Å². The molecule has 1 saturated heterocycles. The van der Waals surface area contributed by atoms with E-state index in [4.69, 9.17) is 5.73 Å². The normalized spacial score (nSPS) is 39.1. The Morgan fingerprint density at radius 3 is 2.76 bits per heavy atom. The number of aliphatic hydroxyl groups excluding tert-OH is 1. The highest BCUT2D eigenvalue weighted by molar-refractivity contribution is 5.79. The van der Waals surface area contributed by atoms with Crippen molar-refractivity contribution < 1.29 is 9.90 Å². The van der Waals surface area contributed by atoms with E-state index in [0.717, 1.165) is 38.6 Å². The predicted molar refractivity (Wildman–Crippen MR) is 66.3 cm³/mol. The van der Waals surface area contributed by atoms with Gasteiger partial charge in [0.2, 0.25) is 5.91 Å². The molecule has 2 rings (SSSR count). The Morgan fingerprint density at radius 1 is 1.35 bits per heavy atom. The largest absolute Gasteiger partial charge is 0.391 e. The molecule has 98 valence electrons. The molecule has 1 amide bonds. The Bertz CT molecular complexity index is 283. The molecule has 1 saturated carbocycles. The number of rotatable bonds is 1. The van der Waals surface area contributed by atoms with E-state index in [0.29, 0.717) is 12.5 Å². The van der Waals surface area contributed by atoms with Crippen LogP contribution in [0.15, 0.2) is 0 Å². The lowest BCUT2D eigenvalue weighted by molar-refractivity contribution is -0.140. The van der Waals surface area contributed by atoms with Gasteiger partial charge >= 0.3 is 0 Å². The number of carbonyl (C=O) groups excluding carboxylic acids is 1. The van der Waals surface area contributed by atoms with Gasteiger partial charge in [-0.1, -0.05) is 6.92 Å². The van der Waals surface area contributed by atoms with Gasteiger partial charge in [-0.3, -0.25) is 4.79 Å². The van der Waals surface area contributed by atoms with Crippen LogP contribution in [0, 0.1) is 11.8 Å². The molecule has 17 heavy (non-hydrogen) atoms. The number of piperidine rings is 1. The fraction of sp³-hybridized carbons (Fsp3) is 0.923. The topological polar surface area (TPSA) is 66.6 Å². The summed E-state index contributed by atoms with van der Waals surface area (Å²) in [5.41, 5.74) is 6.04. The van der Waals surface area contributed by atoms with Crippen molar-refractivity contribution in [1.29, 1.82) is 0 Å². The Labute approximate surface area is 103 Å². The lowest BCUT2D eigenvalue weighted by atomic mass is 9.79. The Morgan fingerprint density at radius 2 is 2.12 bits per heavy atom. The van der Waals surface area contributed by atoms with E-state index in [-0.39, 0.29) is 24.0 Å². The third-order valence-electron chi connectivity index (χ3n) is 4.32. The quantitative estimate of drug-likeness (QED) is 0.710. The van der Waals surface area contributed by atoms with Gasteiger partial charge in [-0.2, -0.15) is 0 Å². The molecule has 4 unspecified atom stereocenters. The van der Waals surface area contributed by atoms with E-state index >= 15 is 0 Å². The number of β-amino-alcohol motifs (C(OH)–C–C–N with tert-alkyl or cyclic N) is 1. The SMILES string of the molecule is CC1CCC(C(=O)N2CCCC(O)C2)CC1N. The Balaban J connectivity index is 1.91. The maximum Gasteiger partial charge on any atom is 0.225 e. The number of carbonyl (C=O) groups is 1. The molecule has 1 aliphatic carbocycles. The number of nitrogens with zero attached hydrogens (tertiary/aromatic N) is 1. The van der Waals surface area contributed by atoms with Crippen molar-refractivity contribution in [2.75, 3.05) is 13.1 Å². The zero-order valence-electron chi connectivity index (χ0n) is 10.6. The lowest BCUT2D eigenvalue weighted by Crippen LogP contribution is -2.47. The van der Waals surface area contributed by atoms with Gasteiger partial charge in [0, 0.05) is 25.0 Å². The molecule has 3 N–H and O–H groups in total. The summed E-state index contributed by atoms with van der Waals surface area (Å²) < 4.78 is 0. The van der Waals surface area contributed by atoms with E-state index in [1.165, 1.54) is 0 Å². The molecule has 2 aliphatic rings. The van der Waals surface area contributed by atoms with Crippen LogP contribution in [0.1, 0.15) is 39.0 Å². The van der Waals surface area contributed by atoms with Crippen molar-refractivity contribution in [2.45, 2.75) is 51.2 Å². The highest BCUT2D eigenvalue weighted by Crippen LogP contribution is 2.29. The second-order valence-corrected chi connectivity index (χ2v) is 5.73. The van der Waals surface area contributed by atoms with Gasteiger partial charge in [0.05, 0.1) is 6.10 Å². The van der Waals surface area contributed by atoms with Crippen LogP contribution in [-0.4, -0.2) is 41.1 Å². The minimum absolute atomic E-state index is 0.0894. The molecule has 4 atom stereocenters. The zero-order valence-corrected chi connectivity index (χ0v) is 10.6. The number of hydrogen-bond acceptors (Lipinski definition) is 3. The van der Waals surface area contributed by atoms with Crippen molar-refractivity contribution >= 4 is 5.91 Å². The van der Waals surface area contributed by atoms with Crippen LogP contribution in [0.25, 0.3) is 0 Å². The van der Waals surface area contributed by atoms with E-state index < -0.39 is 0 Å². The summed E-state index contributed by atoms with van der Waals surface area (Å²) in [4.78, 5) is 14.1. The van der Waals surface area contributed by atoms with Gasteiger partial charge in [-0.15, -0.1) is 0 Å². The van der Waals surface area contributed by atoms with E-state index in [9.17, 15) is 9.90 Å². The van der Waals surface area contributed by atoms with E-state index in [1.54, 1.807) is 0 Å². The number of amides is 1. The third-order valence-corrected chi connectivity index (χ3v) is 4.32. The summed E-state index contributed by atoms with van der Waals surface area (Å²) >= 11 is 0. The van der Waals surface area contributed by atoms with Gasteiger partial charge in [-0.25, -0.2) is 0 Å². The first-order valence-electron chi connectivity index (χ1n) is 6.80. The molecule has 0 bridgehead atoms. The summed E-state index contributed by atoms with van der Waals surface area (Å²) in [5.74, 6) is 0.837. The molecule has 4 heteroatoms. The maximum absolute atomic E-state index is 12.3. The molecule has 2 fully saturated rings. The minimum atomic E-state index is -0.330. The van der Waals surface area contributed by atoms with Crippen molar-refractivity contribution in [2.24, 2.45) is 17.6 Å². The highest BCUT2D eigenvalue weighted by atomic mass is 16.3. The molecular weight excluding hydrogens is 216 g/mol. The van der Waals surface area contributed by atoms with E-state index in [2.05, 4.69) is 6.92 Å². The summed E-state index contributed by atoms with van der Waals surface area (Å²) in [6, 6.07) is 0.160. The molecular formula is C13H24N2O2.